The maximum Gasteiger partial charge on any atom is 0.315 e. The van der Waals surface area contributed by atoms with Gasteiger partial charge in [-0.25, -0.2) is 4.79 Å². The van der Waals surface area contributed by atoms with Gasteiger partial charge in [0.05, 0.1) is 13.2 Å². The summed E-state index contributed by atoms with van der Waals surface area (Å²) in [6.45, 7) is 4.60. The molecule has 1 fully saturated rings. The van der Waals surface area contributed by atoms with E-state index in [1.165, 1.54) is 0 Å². The first-order valence-electron chi connectivity index (χ1n) is 8.71. The van der Waals surface area contributed by atoms with Crippen molar-refractivity contribution < 1.29 is 14.1 Å². The number of carbonyl (C=O) groups is 1. The second-order valence-corrected chi connectivity index (χ2v) is 6.85. The molecule has 0 saturated carbocycles. The van der Waals surface area contributed by atoms with Gasteiger partial charge in [-0.05, 0) is 51.6 Å². The first-order chi connectivity index (χ1) is 12.5. The summed E-state index contributed by atoms with van der Waals surface area (Å²) in [5, 5.41) is 9.93. The molecule has 8 nitrogen and oxygen atoms in total. The molecule has 0 spiro atoms. The average Bonchev–Trinajstić information content (AvgIpc) is 3.21. The maximum absolute atomic E-state index is 11.9. The van der Waals surface area contributed by atoms with E-state index in [1.54, 1.807) is 7.11 Å². The maximum atomic E-state index is 11.9. The van der Waals surface area contributed by atoms with E-state index >= 15 is 0 Å². The molecule has 2 N–H and O–H groups in total. The van der Waals surface area contributed by atoms with Crippen molar-refractivity contribution in [3.8, 4) is 17.1 Å². The molecule has 1 aliphatic rings. The number of nitrogens with one attached hydrogen (secondary N) is 2. The Bertz CT molecular complexity index is 744. The molecule has 1 aliphatic heterocycles. The lowest BCUT2D eigenvalue weighted by Gasteiger charge is -2.15. The minimum absolute atomic E-state index is 0.0150. The number of urea groups is 1. The topological polar surface area (TPSA) is 92.5 Å². The van der Waals surface area contributed by atoms with E-state index in [1.807, 2.05) is 45.2 Å². The third-order valence-corrected chi connectivity index (χ3v) is 4.38. The number of rotatable bonds is 5. The zero-order valence-corrected chi connectivity index (χ0v) is 15.5. The van der Waals surface area contributed by atoms with E-state index in [-0.39, 0.29) is 24.2 Å². The summed E-state index contributed by atoms with van der Waals surface area (Å²) in [6.07, 6.45) is 0.728. The van der Waals surface area contributed by atoms with Crippen LogP contribution >= 0.6 is 0 Å². The second kappa shape index (κ2) is 7.74. The minimum Gasteiger partial charge on any atom is -0.497 e. The van der Waals surface area contributed by atoms with Crippen molar-refractivity contribution in [2.24, 2.45) is 0 Å². The van der Waals surface area contributed by atoms with Gasteiger partial charge in [0, 0.05) is 24.2 Å². The summed E-state index contributed by atoms with van der Waals surface area (Å²) in [5.74, 6) is 1.89. The Morgan fingerprint density at radius 2 is 2.08 bits per heavy atom. The molecular formula is C18H25N5O3. The first-order valence-corrected chi connectivity index (χ1v) is 8.71. The number of carbonyl (C=O) groups excluding carboxylic acids is 1. The van der Waals surface area contributed by atoms with Gasteiger partial charge in [-0.1, -0.05) is 5.16 Å². The second-order valence-electron chi connectivity index (χ2n) is 6.85. The summed E-state index contributed by atoms with van der Waals surface area (Å²) in [4.78, 5) is 18.6. The van der Waals surface area contributed by atoms with Crippen LogP contribution in [0.4, 0.5) is 4.79 Å². The third-order valence-electron chi connectivity index (χ3n) is 4.38. The van der Waals surface area contributed by atoms with Crippen LogP contribution in [0.1, 0.15) is 32.2 Å². The lowest BCUT2D eigenvalue weighted by molar-refractivity contribution is 0.234. The summed E-state index contributed by atoms with van der Waals surface area (Å²) < 4.78 is 10.6. The molecule has 2 amide bonds. The highest BCUT2D eigenvalue weighted by Crippen LogP contribution is 2.31. The number of ether oxygens (including phenoxy) is 1. The molecule has 1 aromatic heterocycles. The normalized spacial score (nSPS) is 20.3. The standard InChI is InChI=1S/C18H25N5O3/c1-11(2)19-18(24)20-13-9-15(23(3)10-13)17-21-16(22-26-17)12-5-7-14(25-4)8-6-12/h5-8,11,13,15H,9-10H2,1-4H3,(H2,19,20,24)/t13-,15-/m0/s1. The molecule has 2 heterocycles. The Morgan fingerprint density at radius 3 is 2.73 bits per heavy atom. The van der Waals surface area contributed by atoms with E-state index in [0.29, 0.717) is 11.7 Å². The fourth-order valence-electron chi connectivity index (χ4n) is 3.11. The van der Waals surface area contributed by atoms with Gasteiger partial charge >= 0.3 is 6.03 Å². The highest BCUT2D eigenvalue weighted by Gasteiger charge is 2.35. The number of benzene rings is 1. The van der Waals surface area contributed by atoms with Gasteiger partial charge in [0.1, 0.15) is 5.75 Å². The molecule has 140 valence electrons. The number of amides is 2. The van der Waals surface area contributed by atoms with Crippen molar-refractivity contribution in [3.63, 3.8) is 0 Å². The van der Waals surface area contributed by atoms with Crippen LogP contribution in [0, 0.1) is 0 Å². The van der Waals surface area contributed by atoms with Crippen LogP contribution in [-0.4, -0.2) is 53.9 Å². The van der Waals surface area contributed by atoms with Crippen LogP contribution < -0.4 is 15.4 Å². The number of likely N-dealkylation sites (N-methyl/N-ethyl adjacent to an activating group) is 1. The number of hydrogen-bond donors (Lipinski definition) is 2. The largest absolute Gasteiger partial charge is 0.497 e. The number of nitrogens with zero attached hydrogens (tertiary/aromatic N) is 3. The fraction of sp³-hybridized carbons (Fsp3) is 0.500. The minimum atomic E-state index is -0.150. The van der Waals surface area contributed by atoms with Crippen molar-refractivity contribution in [2.75, 3.05) is 20.7 Å². The third kappa shape index (κ3) is 4.13. The lowest BCUT2D eigenvalue weighted by Crippen LogP contribution is -2.45. The van der Waals surface area contributed by atoms with E-state index in [9.17, 15) is 4.79 Å². The highest BCUT2D eigenvalue weighted by atomic mass is 16.5. The van der Waals surface area contributed by atoms with E-state index < -0.39 is 0 Å². The summed E-state index contributed by atoms with van der Waals surface area (Å²) in [7, 11) is 3.62. The molecule has 3 rings (SSSR count). The average molecular weight is 359 g/mol. The van der Waals surface area contributed by atoms with Crippen LogP contribution in [0.5, 0.6) is 5.75 Å². The van der Waals surface area contributed by atoms with Crippen LogP contribution in [-0.2, 0) is 0 Å². The van der Waals surface area contributed by atoms with E-state index in [2.05, 4.69) is 25.7 Å². The molecule has 1 aromatic carbocycles. The van der Waals surface area contributed by atoms with Crippen LogP contribution in [0.2, 0.25) is 0 Å². The Morgan fingerprint density at radius 1 is 1.35 bits per heavy atom. The predicted molar refractivity (Wildman–Crippen MR) is 96.9 cm³/mol. The fourth-order valence-corrected chi connectivity index (χ4v) is 3.11. The molecule has 2 aromatic rings. The molecular weight excluding hydrogens is 334 g/mol. The SMILES string of the molecule is COc1ccc(-c2noc([C@@H]3C[C@H](NC(=O)NC(C)C)CN3C)n2)cc1. The van der Waals surface area contributed by atoms with Gasteiger partial charge in [0.2, 0.25) is 11.7 Å². The number of hydrogen-bond acceptors (Lipinski definition) is 6. The van der Waals surface area contributed by atoms with Crippen LogP contribution in [0.3, 0.4) is 0 Å². The number of methoxy groups -OCH3 is 1. The van der Waals surface area contributed by atoms with Crippen molar-refractivity contribution in [1.29, 1.82) is 0 Å². The Kier molecular flexibility index (Phi) is 5.41. The summed E-state index contributed by atoms with van der Waals surface area (Å²) >= 11 is 0. The van der Waals surface area contributed by atoms with Gasteiger partial charge in [-0.15, -0.1) is 0 Å². The monoisotopic (exact) mass is 359 g/mol. The van der Waals surface area contributed by atoms with Crippen LogP contribution in [0.15, 0.2) is 28.8 Å². The Balaban J connectivity index is 1.66. The molecule has 1 saturated heterocycles. The Hall–Kier alpha value is -2.61. The number of aromatic nitrogens is 2. The summed E-state index contributed by atoms with van der Waals surface area (Å²) in [6, 6.07) is 7.50. The first kappa shape index (κ1) is 18.2. The highest BCUT2D eigenvalue weighted by molar-refractivity contribution is 5.74. The Labute approximate surface area is 152 Å². The molecule has 8 heteroatoms. The van der Waals surface area contributed by atoms with Crippen molar-refractivity contribution in [2.45, 2.75) is 38.4 Å². The van der Waals surface area contributed by atoms with Crippen molar-refractivity contribution in [1.82, 2.24) is 25.7 Å². The van der Waals surface area contributed by atoms with Gasteiger partial charge in [-0.2, -0.15) is 4.98 Å². The quantitative estimate of drug-likeness (QED) is 0.850. The van der Waals surface area contributed by atoms with Gasteiger partial charge in [0.15, 0.2) is 0 Å². The summed E-state index contributed by atoms with van der Waals surface area (Å²) in [5.41, 5.74) is 0.868. The molecule has 0 radical (unpaired) electrons. The van der Waals surface area contributed by atoms with E-state index in [4.69, 9.17) is 9.26 Å². The van der Waals surface area contributed by atoms with Gasteiger partial charge < -0.3 is 19.9 Å². The molecule has 0 bridgehead atoms. The van der Waals surface area contributed by atoms with Gasteiger partial charge in [-0.3, -0.25) is 4.90 Å². The molecule has 0 unspecified atom stereocenters. The van der Waals surface area contributed by atoms with Gasteiger partial charge in [0.25, 0.3) is 0 Å². The lowest BCUT2D eigenvalue weighted by atomic mass is 10.1. The molecule has 0 aliphatic carbocycles. The van der Waals surface area contributed by atoms with Crippen molar-refractivity contribution >= 4 is 6.03 Å². The predicted octanol–water partition coefficient (Wildman–Crippen LogP) is 2.20. The molecule has 2 atom stereocenters. The van der Waals surface area contributed by atoms with Crippen molar-refractivity contribution in [3.05, 3.63) is 30.2 Å². The zero-order valence-electron chi connectivity index (χ0n) is 15.5. The molecule has 26 heavy (non-hydrogen) atoms. The van der Waals surface area contributed by atoms with E-state index in [0.717, 1.165) is 24.3 Å². The zero-order chi connectivity index (χ0) is 18.7. The number of likely N-dealkylation sites (tertiary alicyclic amines) is 1. The smallest absolute Gasteiger partial charge is 0.315 e. The van der Waals surface area contributed by atoms with Crippen LogP contribution in [0.25, 0.3) is 11.4 Å².